The lowest BCUT2D eigenvalue weighted by Gasteiger charge is -2.29. The van der Waals surface area contributed by atoms with Crippen molar-refractivity contribution in [3.8, 4) is 0 Å². The van der Waals surface area contributed by atoms with Gasteiger partial charge in [-0.2, -0.15) is 12.7 Å². The minimum absolute atomic E-state index is 0.124. The lowest BCUT2D eigenvalue weighted by Crippen LogP contribution is -2.48. The molecule has 0 spiro atoms. The average Bonchev–Trinajstić information content (AvgIpc) is 2.28. The molecule has 0 unspecified atom stereocenters. The summed E-state index contributed by atoms with van der Waals surface area (Å²) in [6.07, 6.45) is 0.778. The van der Waals surface area contributed by atoms with Crippen molar-refractivity contribution < 1.29 is 13.2 Å². The van der Waals surface area contributed by atoms with Gasteiger partial charge in [0.25, 0.3) is 10.2 Å². The average molecular weight is 285 g/mol. The van der Waals surface area contributed by atoms with Gasteiger partial charge in [-0.1, -0.05) is 13.8 Å². The van der Waals surface area contributed by atoms with Crippen molar-refractivity contribution in [3.63, 3.8) is 0 Å². The Morgan fingerprint density at radius 1 is 1.35 bits per heavy atom. The SMILES string of the molecule is CC(C)(CCCl)CNS(=O)(=O)N1CCOCC1. The van der Waals surface area contributed by atoms with E-state index < -0.39 is 10.2 Å². The Balaban J connectivity index is 2.49. The Kier molecular flexibility index (Phi) is 5.66. The highest BCUT2D eigenvalue weighted by Gasteiger charge is 2.26. The number of morpholine rings is 1. The number of nitrogens with one attached hydrogen (secondary N) is 1. The molecule has 0 saturated carbocycles. The third-order valence-electron chi connectivity index (χ3n) is 2.81. The van der Waals surface area contributed by atoms with E-state index in [1.165, 1.54) is 4.31 Å². The van der Waals surface area contributed by atoms with Crippen LogP contribution in [0.3, 0.4) is 0 Å². The van der Waals surface area contributed by atoms with E-state index in [-0.39, 0.29) is 5.41 Å². The number of hydrogen-bond donors (Lipinski definition) is 1. The van der Waals surface area contributed by atoms with E-state index in [0.717, 1.165) is 6.42 Å². The van der Waals surface area contributed by atoms with Crippen LogP contribution in [0.2, 0.25) is 0 Å². The predicted octanol–water partition coefficient (Wildman–Crippen LogP) is 0.808. The Bertz CT molecular complexity index is 326. The molecule has 1 heterocycles. The van der Waals surface area contributed by atoms with Gasteiger partial charge in [0.1, 0.15) is 0 Å². The lowest BCUT2D eigenvalue weighted by atomic mass is 9.91. The molecule has 0 aromatic rings. The fourth-order valence-corrected chi connectivity index (χ4v) is 3.41. The first-order valence-corrected chi connectivity index (χ1v) is 7.73. The molecule has 0 atom stereocenters. The summed E-state index contributed by atoms with van der Waals surface area (Å²) in [5, 5.41) is 0. The fraction of sp³-hybridized carbons (Fsp3) is 1.00. The molecule has 0 aromatic heterocycles. The van der Waals surface area contributed by atoms with Crippen LogP contribution in [0.4, 0.5) is 0 Å². The molecule has 0 aliphatic carbocycles. The number of nitrogens with zero attached hydrogens (tertiary/aromatic N) is 1. The summed E-state index contributed by atoms with van der Waals surface area (Å²) >= 11 is 5.68. The van der Waals surface area contributed by atoms with Crippen LogP contribution < -0.4 is 4.72 Å². The number of halogens is 1. The van der Waals surface area contributed by atoms with E-state index in [1.807, 2.05) is 13.8 Å². The molecule has 17 heavy (non-hydrogen) atoms. The lowest BCUT2D eigenvalue weighted by molar-refractivity contribution is 0.0723. The van der Waals surface area contributed by atoms with Crippen LogP contribution in [0.5, 0.6) is 0 Å². The molecule has 1 aliphatic rings. The van der Waals surface area contributed by atoms with Gasteiger partial charge in [0.05, 0.1) is 13.2 Å². The van der Waals surface area contributed by atoms with Crippen molar-refractivity contribution in [2.24, 2.45) is 5.41 Å². The van der Waals surface area contributed by atoms with Crippen molar-refractivity contribution in [2.75, 3.05) is 38.7 Å². The van der Waals surface area contributed by atoms with Gasteiger partial charge in [-0.15, -0.1) is 11.6 Å². The quantitative estimate of drug-likeness (QED) is 0.734. The third kappa shape index (κ3) is 5.09. The van der Waals surface area contributed by atoms with Crippen molar-refractivity contribution >= 4 is 21.8 Å². The summed E-state index contributed by atoms with van der Waals surface area (Å²) in [5.41, 5.74) is -0.124. The Morgan fingerprint density at radius 3 is 2.47 bits per heavy atom. The van der Waals surface area contributed by atoms with E-state index in [4.69, 9.17) is 16.3 Å². The van der Waals surface area contributed by atoms with E-state index in [2.05, 4.69) is 4.72 Å². The highest BCUT2D eigenvalue weighted by atomic mass is 35.5. The maximum absolute atomic E-state index is 12.0. The Labute approximate surface area is 109 Å². The molecule has 102 valence electrons. The van der Waals surface area contributed by atoms with Crippen molar-refractivity contribution in [3.05, 3.63) is 0 Å². The fourth-order valence-electron chi connectivity index (χ4n) is 1.51. The third-order valence-corrected chi connectivity index (χ3v) is 4.56. The molecule has 1 rings (SSSR count). The molecule has 1 aliphatic heterocycles. The van der Waals surface area contributed by atoms with Crippen LogP contribution in [0.25, 0.3) is 0 Å². The first-order valence-electron chi connectivity index (χ1n) is 5.76. The van der Waals surface area contributed by atoms with E-state index in [1.54, 1.807) is 0 Å². The van der Waals surface area contributed by atoms with Gasteiger partial charge in [-0.05, 0) is 11.8 Å². The number of hydrogen-bond acceptors (Lipinski definition) is 3. The van der Waals surface area contributed by atoms with Crippen LogP contribution in [0, 0.1) is 5.41 Å². The molecular formula is C10H21ClN2O3S. The van der Waals surface area contributed by atoms with Gasteiger partial charge in [0.15, 0.2) is 0 Å². The second kappa shape index (κ2) is 6.33. The van der Waals surface area contributed by atoms with E-state index >= 15 is 0 Å². The Hall–Kier alpha value is 0.120. The summed E-state index contributed by atoms with van der Waals surface area (Å²) in [5.74, 6) is 0.534. The normalized spacial score (nSPS) is 19.5. The predicted molar refractivity (Wildman–Crippen MR) is 68.4 cm³/mol. The highest BCUT2D eigenvalue weighted by Crippen LogP contribution is 2.20. The molecule has 0 bridgehead atoms. The molecule has 0 aromatic carbocycles. The van der Waals surface area contributed by atoms with Crippen molar-refractivity contribution in [2.45, 2.75) is 20.3 Å². The molecule has 0 amide bonds. The second-order valence-corrected chi connectivity index (χ2v) is 7.07. The smallest absolute Gasteiger partial charge is 0.279 e. The number of rotatable bonds is 6. The topological polar surface area (TPSA) is 58.6 Å². The van der Waals surface area contributed by atoms with Gasteiger partial charge in [0.2, 0.25) is 0 Å². The van der Waals surface area contributed by atoms with Crippen LogP contribution in [-0.2, 0) is 14.9 Å². The molecule has 7 heteroatoms. The zero-order valence-electron chi connectivity index (χ0n) is 10.4. The van der Waals surface area contributed by atoms with Crippen LogP contribution in [-0.4, -0.2) is 51.5 Å². The van der Waals surface area contributed by atoms with Gasteiger partial charge < -0.3 is 4.74 Å². The minimum atomic E-state index is -3.37. The number of alkyl halides is 1. The second-order valence-electron chi connectivity index (χ2n) is 4.94. The van der Waals surface area contributed by atoms with Crippen LogP contribution >= 0.6 is 11.6 Å². The van der Waals surface area contributed by atoms with Crippen LogP contribution in [0.1, 0.15) is 20.3 Å². The van der Waals surface area contributed by atoms with Crippen LogP contribution in [0.15, 0.2) is 0 Å². The molecule has 1 saturated heterocycles. The van der Waals surface area contributed by atoms with Crippen molar-refractivity contribution in [1.29, 1.82) is 0 Å². The van der Waals surface area contributed by atoms with Gasteiger partial charge in [-0.25, -0.2) is 4.72 Å². The highest BCUT2D eigenvalue weighted by molar-refractivity contribution is 7.87. The number of ether oxygens (including phenoxy) is 1. The first kappa shape index (κ1) is 15.2. The van der Waals surface area contributed by atoms with Crippen molar-refractivity contribution in [1.82, 2.24) is 9.03 Å². The molecule has 0 radical (unpaired) electrons. The van der Waals surface area contributed by atoms with Gasteiger partial charge in [0, 0.05) is 25.5 Å². The molecule has 1 fully saturated rings. The first-order chi connectivity index (χ1) is 7.87. The minimum Gasteiger partial charge on any atom is -0.379 e. The maximum atomic E-state index is 12.0. The maximum Gasteiger partial charge on any atom is 0.279 e. The summed E-state index contributed by atoms with van der Waals surface area (Å²) in [7, 11) is -3.37. The largest absolute Gasteiger partial charge is 0.379 e. The summed E-state index contributed by atoms with van der Waals surface area (Å²) in [6, 6.07) is 0. The zero-order chi connectivity index (χ0) is 12.9. The summed E-state index contributed by atoms with van der Waals surface area (Å²) in [6.45, 7) is 6.17. The monoisotopic (exact) mass is 284 g/mol. The summed E-state index contributed by atoms with van der Waals surface area (Å²) < 4.78 is 33.1. The zero-order valence-corrected chi connectivity index (χ0v) is 12.0. The molecular weight excluding hydrogens is 264 g/mol. The molecule has 1 N–H and O–H groups in total. The van der Waals surface area contributed by atoms with Gasteiger partial charge in [-0.3, -0.25) is 0 Å². The standard InChI is InChI=1S/C10H21ClN2O3S/c1-10(2,3-4-11)9-12-17(14,15)13-5-7-16-8-6-13/h12H,3-9H2,1-2H3. The summed E-state index contributed by atoms with van der Waals surface area (Å²) in [4.78, 5) is 0. The molecule has 5 nitrogen and oxygen atoms in total. The van der Waals surface area contributed by atoms with Gasteiger partial charge >= 0.3 is 0 Å². The van der Waals surface area contributed by atoms with E-state index in [0.29, 0.717) is 38.7 Å². The Morgan fingerprint density at radius 2 is 1.94 bits per heavy atom. The van der Waals surface area contributed by atoms with E-state index in [9.17, 15) is 8.42 Å².